The second-order valence-corrected chi connectivity index (χ2v) is 5.42. The average Bonchev–Trinajstić information content (AvgIpc) is 2.18. The molecular weight excluding hydrogens is 294 g/mol. The van der Waals surface area contributed by atoms with Crippen molar-refractivity contribution in [2.24, 2.45) is 0 Å². The summed E-state index contributed by atoms with van der Waals surface area (Å²) in [5.74, 6) is -2.04. The van der Waals surface area contributed by atoms with Gasteiger partial charge in [0.05, 0.1) is 12.2 Å². The van der Waals surface area contributed by atoms with Gasteiger partial charge in [-0.2, -0.15) is 4.39 Å². The molecule has 0 saturated carbocycles. The van der Waals surface area contributed by atoms with Crippen molar-refractivity contribution in [1.82, 2.24) is 0 Å². The molecule has 96 valence electrons. The number of hydrogen-bond acceptors (Lipinski definition) is 2. The van der Waals surface area contributed by atoms with E-state index in [1.807, 2.05) is 20.8 Å². The van der Waals surface area contributed by atoms with Gasteiger partial charge in [0.2, 0.25) is 5.82 Å². The van der Waals surface area contributed by atoms with Crippen LogP contribution in [0.15, 0.2) is 16.6 Å². The predicted molar refractivity (Wildman–Crippen MR) is 65.3 cm³/mol. The summed E-state index contributed by atoms with van der Waals surface area (Å²) in [5.41, 5.74) is -0.273. The molecular formula is C12H15BrF2O2. The van der Waals surface area contributed by atoms with Crippen LogP contribution in [0.2, 0.25) is 0 Å². The van der Waals surface area contributed by atoms with Gasteiger partial charge in [0, 0.05) is 4.47 Å². The maximum atomic E-state index is 13.3. The summed E-state index contributed by atoms with van der Waals surface area (Å²) in [6, 6.07) is 2.43. The van der Waals surface area contributed by atoms with Crippen molar-refractivity contribution < 1.29 is 18.3 Å². The van der Waals surface area contributed by atoms with Crippen LogP contribution in [0.4, 0.5) is 8.78 Å². The van der Waals surface area contributed by atoms with Crippen molar-refractivity contribution in [2.45, 2.75) is 26.4 Å². The second-order valence-electron chi connectivity index (χ2n) is 4.51. The standard InChI is InChI=1S/C12H15BrF2O2/c1-12(2,3)17-5-4-16-10-7-8(13)6-9(14)11(10)15/h6-7H,4-5H2,1-3H3. The summed E-state index contributed by atoms with van der Waals surface area (Å²) < 4.78 is 37.3. The van der Waals surface area contributed by atoms with E-state index in [0.29, 0.717) is 11.1 Å². The van der Waals surface area contributed by atoms with Crippen molar-refractivity contribution in [3.8, 4) is 5.75 Å². The molecule has 0 aliphatic rings. The van der Waals surface area contributed by atoms with E-state index in [2.05, 4.69) is 15.9 Å². The lowest BCUT2D eigenvalue weighted by molar-refractivity contribution is -0.0167. The van der Waals surface area contributed by atoms with E-state index in [9.17, 15) is 8.78 Å². The SMILES string of the molecule is CC(C)(C)OCCOc1cc(Br)cc(F)c1F. The molecule has 0 heterocycles. The first-order valence-corrected chi connectivity index (χ1v) is 6.00. The Labute approximate surface area is 108 Å². The third-order valence-electron chi connectivity index (χ3n) is 1.84. The topological polar surface area (TPSA) is 18.5 Å². The van der Waals surface area contributed by atoms with Crippen LogP contribution in [-0.4, -0.2) is 18.8 Å². The number of benzene rings is 1. The Morgan fingerprint density at radius 3 is 2.41 bits per heavy atom. The summed E-state index contributed by atoms with van der Waals surface area (Å²) in [4.78, 5) is 0. The Bertz CT molecular complexity index is 389. The third-order valence-corrected chi connectivity index (χ3v) is 2.29. The van der Waals surface area contributed by atoms with Crippen LogP contribution in [-0.2, 0) is 4.74 Å². The summed E-state index contributed by atoms with van der Waals surface area (Å²) in [7, 11) is 0. The molecule has 0 saturated heterocycles. The zero-order valence-electron chi connectivity index (χ0n) is 10.0. The lowest BCUT2D eigenvalue weighted by Gasteiger charge is -2.19. The van der Waals surface area contributed by atoms with Gasteiger partial charge in [-0.3, -0.25) is 0 Å². The fourth-order valence-electron chi connectivity index (χ4n) is 1.14. The molecule has 0 fully saturated rings. The fraction of sp³-hybridized carbons (Fsp3) is 0.500. The van der Waals surface area contributed by atoms with E-state index >= 15 is 0 Å². The van der Waals surface area contributed by atoms with Gasteiger partial charge >= 0.3 is 0 Å². The first kappa shape index (κ1) is 14.4. The number of ether oxygens (including phenoxy) is 2. The Kier molecular flexibility index (Phi) is 4.89. The third kappa shape index (κ3) is 5.00. The number of halogens is 3. The molecule has 0 spiro atoms. The van der Waals surface area contributed by atoms with Gasteiger partial charge in [0.1, 0.15) is 6.61 Å². The predicted octanol–water partition coefficient (Wildman–Crippen LogP) is 3.92. The average molecular weight is 309 g/mol. The van der Waals surface area contributed by atoms with E-state index in [1.54, 1.807) is 0 Å². The molecule has 2 nitrogen and oxygen atoms in total. The molecule has 0 aliphatic heterocycles. The molecule has 0 radical (unpaired) electrons. The molecule has 1 aromatic rings. The lowest BCUT2D eigenvalue weighted by atomic mass is 10.2. The van der Waals surface area contributed by atoms with Crippen molar-refractivity contribution in [3.05, 3.63) is 28.2 Å². The summed E-state index contributed by atoms with van der Waals surface area (Å²) in [6.07, 6.45) is 0. The van der Waals surface area contributed by atoms with Crippen LogP contribution in [0.3, 0.4) is 0 Å². The largest absolute Gasteiger partial charge is 0.488 e. The highest BCUT2D eigenvalue weighted by Gasteiger charge is 2.12. The van der Waals surface area contributed by atoms with Gasteiger partial charge in [-0.25, -0.2) is 4.39 Å². The zero-order chi connectivity index (χ0) is 13.1. The van der Waals surface area contributed by atoms with Crippen LogP contribution in [0.25, 0.3) is 0 Å². The molecule has 0 aromatic heterocycles. The van der Waals surface area contributed by atoms with E-state index in [0.717, 1.165) is 6.07 Å². The van der Waals surface area contributed by atoms with Crippen molar-refractivity contribution in [3.63, 3.8) is 0 Å². The second kappa shape index (κ2) is 5.78. The Morgan fingerprint density at radius 1 is 1.18 bits per heavy atom. The van der Waals surface area contributed by atoms with E-state index in [1.165, 1.54) is 6.07 Å². The van der Waals surface area contributed by atoms with Gasteiger partial charge in [-0.15, -0.1) is 0 Å². The molecule has 5 heteroatoms. The van der Waals surface area contributed by atoms with Crippen LogP contribution < -0.4 is 4.74 Å². The van der Waals surface area contributed by atoms with Gasteiger partial charge in [0.15, 0.2) is 11.6 Å². The molecule has 0 unspecified atom stereocenters. The highest BCUT2D eigenvalue weighted by molar-refractivity contribution is 9.10. The van der Waals surface area contributed by atoms with Crippen LogP contribution >= 0.6 is 15.9 Å². The highest BCUT2D eigenvalue weighted by Crippen LogP contribution is 2.25. The number of hydrogen-bond donors (Lipinski definition) is 0. The molecule has 17 heavy (non-hydrogen) atoms. The lowest BCUT2D eigenvalue weighted by Crippen LogP contribution is -2.22. The molecule has 1 aromatic carbocycles. The normalized spacial score (nSPS) is 11.6. The number of rotatable bonds is 4. The van der Waals surface area contributed by atoms with Crippen LogP contribution in [0.5, 0.6) is 5.75 Å². The van der Waals surface area contributed by atoms with E-state index < -0.39 is 11.6 Å². The first-order valence-electron chi connectivity index (χ1n) is 5.21. The minimum absolute atomic E-state index is 0.116. The van der Waals surface area contributed by atoms with Crippen molar-refractivity contribution >= 4 is 15.9 Å². The minimum atomic E-state index is -0.982. The Morgan fingerprint density at radius 2 is 1.82 bits per heavy atom. The van der Waals surface area contributed by atoms with Crippen LogP contribution in [0.1, 0.15) is 20.8 Å². The zero-order valence-corrected chi connectivity index (χ0v) is 11.6. The summed E-state index contributed by atoms with van der Waals surface area (Å²) in [5, 5.41) is 0. The molecule has 0 bridgehead atoms. The van der Waals surface area contributed by atoms with E-state index in [4.69, 9.17) is 9.47 Å². The Balaban J connectivity index is 2.52. The summed E-state index contributed by atoms with van der Waals surface area (Å²) in [6.45, 7) is 6.21. The molecule has 0 atom stereocenters. The van der Waals surface area contributed by atoms with Crippen molar-refractivity contribution in [1.29, 1.82) is 0 Å². The fourth-order valence-corrected chi connectivity index (χ4v) is 1.55. The maximum absolute atomic E-state index is 13.3. The van der Waals surface area contributed by atoms with E-state index in [-0.39, 0.29) is 18.0 Å². The monoisotopic (exact) mass is 308 g/mol. The molecule has 0 amide bonds. The van der Waals surface area contributed by atoms with Crippen LogP contribution in [0, 0.1) is 11.6 Å². The quantitative estimate of drug-likeness (QED) is 0.620. The first-order chi connectivity index (χ1) is 7.79. The van der Waals surface area contributed by atoms with Crippen molar-refractivity contribution in [2.75, 3.05) is 13.2 Å². The van der Waals surface area contributed by atoms with Gasteiger partial charge in [0.25, 0.3) is 0 Å². The van der Waals surface area contributed by atoms with Gasteiger partial charge in [-0.05, 0) is 32.9 Å². The molecule has 0 N–H and O–H groups in total. The highest BCUT2D eigenvalue weighted by atomic mass is 79.9. The van der Waals surface area contributed by atoms with Gasteiger partial charge in [-0.1, -0.05) is 15.9 Å². The molecule has 1 rings (SSSR count). The maximum Gasteiger partial charge on any atom is 0.200 e. The van der Waals surface area contributed by atoms with Gasteiger partial charge < -0.3 is 9.47 Å². The Hall–Kier alpha value is -0.680. The summed E-state index contributed by atoms with van der Waals surface area (Å²) >= 11 is 3.07. The molecule has 0 aliphatic carbocycles. The minimum Gasteiger partial charge on any atom is -0.488 e. The smallest absolute Gasteiger partial charge is 0.200 e.